The third kappa shape index (κ3) is 4.13. The smallest absolute Gasteiger partial charge is 0.220 e. The molecule has 1 N–H and O–H groups in total. The minimum Gasteiger partial charge on any atom is -0.494 e. The molecule has 1 atom stereocenters. The van der Waals surface area contributed by atoms with Gasteiger partial charge in [-0.05, 0) is 31.9 Å². The van der Waals surface area contributed by atoms with E-state index in [1.807, 2.05) is 32.9 Å². The number of hydrogen-bond donors (Lipinski definition) is 1. The molecular weight excluding hydrogens is 266 g/mol. The number of hydrogen-bond acceptors (Lipinski definition) is 3. The first-order chi connectivity index (χ1) is 9.99. The Kier molecular flexibility index (Phi) is 5.10. The van der Waals surface area contributed by atoms with E-state index in [-0.39, 0.29) is 12.0 Å². The van der Waals surface area contributed by atoms with Gasteiger partial charge in [-0.15, -0.1) is 0 Å². The topological polar surface area (TPSA) is 47.6 Å². The SMILES string of the molecule is CCOc1cc2c(cc1CNC(=O)CC(C)C)OC(C)C2. The van der Waals surface area contributed by atoms with Crippen LogP contribution in [0.5, 0.6) is 11.5 Å². The van der Waals surface area contributed by atoms with Crippen LogP contribution in [0.4, 0.5) is 0 Å². The highest BCUT2D eigenvalue weighted by Gasteiger charge is 2.22. The number of rotatable bonds is 6. The molecule has 1 aromatic carbocycles. The van der Waals surface area contributed by atoms with E-state index in [1.165, 1.54) is 5.56 Å². The van der Waals surface area contributed by atoms with Crippen LogP contribution in [0.25, 0.3) is 0 Å². The van der Waals surface area contributed by atoms with E-state index >= 15 is 0 Å². The van der Waals surface area contributed by atoms with Crippen LogP contribution in [0.3, 0.4) is 0 Å². The Morgan fingerprint density at radius 2 is 2.24 bits per heavy atom. The van der Waals surface area contributed by atoms with Gasteiger partial charge in [0.25, 0.3) is 0 Å². The number of amides is 1. The molecule has 1 aliphatic heterocycles. The van der Waals surface area contributed by atoms with Crippen molar-refractivity contribution in [1.82, 2.24) is 5.32 Å². The molecule has 0 spiro atoms. The first kappa shape index (κ1) is 15.7. The van der Waals surface area contributed by atoms with E-state index < -0.39 is 0 Å². The Morgan fingerprint density at radius 3 is 2.90 bits per heavy atom. The van der Waals surface area contributed by atoms with Gasteiger partial charge < -0.3 is 14.8 Å². The maximum Gasteiger partial charge on any atom is 0.220 e. The molecule has 0 aliphatic carbocycles. The predicted octanol–water partition coefficient (Wildman–Crippen LogP) is 3.07. The summed E-state index contributed by atoms with van der Waals surface area (Å²) in [5, 5.41) is 2.96. The molecule has 21 heavy (non-hydrogen) atoms. The van der Waals surface area contributed by atoms with Crippen LogP contribution in [0.15, 0.2) is 12.1 Å². The second-order valence-electron chi connectivity index (χ2n) is 6.01. The molecule has 1 aliphatic rings. The van der Waals surface area contributed by atoms with Gasteiger partial charge in [-0.2, -0.15) is 0 Å². The highest BCUT2D eigenvalue weighted by Crippen LogP contribution is 2.35. The van der Waals surface area contributed by atoms with Crippen LogP contribution < -0.4 is 14.8 Å². The molecule has 1 heterocycles. The summed E-state index contributed by atoms with van der Waals surface area (Å²) in [6, 6.07) is 4.05. The van der Waals surface area contributed by atoms with Crippen molar-refractivity contribution in [2.45, 2.75) is 53.2 Å². The molecule has 0 radical (unpaired) electrons. The summed E-state index contributed by atoms with van der Waals surface area (Å²) in [4.78, 5) is 11.8. The van der Waals surface area contributed by atoms with Crippen molar-refractivity contribution in [2.24, 2.45) is 5.92 Å². The number of carbonyl (C=O) groups is 1. The zero-order valence-corrected chi connectivity index (χ0v) is 13.4. The van der Waals surface area contributed by atoms with Crippen molar-refractivity contribution in [3.8, 4) is 11.5 Å². The summed E-state index contributed by atoms with van der Waals surface area (Å²) in [7, 11) is 0. The zero-order valence-electron chi connectivity index (χ0n) is 13.4. The molecule has 0 bridgehead atoms. The molecule has 1 unspecified atom stereocenters. The van der Waals surface area contributed by atoms with Crippen LogP contribution in [0.2, 0.25) is 0 Å². The van der Waals surface area contributed by atoms with Crippen LogP contribution in [0, 0.1) is 5.92 Å². The van der Waals surface area contributed by atoms with Crippen molar-refractivity contribution in [3.63, 3.8) is 0 Å². The molecule has 4 heteroatoms. The van der Waals surface area contributed by atoms with Gasteiger partial charge in [-0.1, -0.05) is 13.8 Å². The summed E-state index contributed by atoms with van der Waals surface area (Å²) in [5.41, 5.74) is 2.16. The minimum atomic E-state index is 0.0715. The Hall–Kier alpha value is -1.71. The monoisotopic (exact) mass is 291 g/mol. The molecular formula is C17H25NO3. The number of ether oxygens (including phenoxy) is 2. The van der Waals surface area contributed by atoms with Gasteiger partial charge in [0.15, 0.2) is 0 Å². The van der Waals surface area contributed by atoms with Crippen molar-refractivity contribution >= 4 is 5.91 Å². The van der Waals surface area contributed by atoms with Crippen molar-refractivity contribution in [1.29, 1.82) is 0 Å². The van der Waals surface area contributed by atoms with Crippen molar-refractivity contribution < 1.29 is 14.3 Å². The van der Waals surface area contributed by atoms with Crippen LogP contribution in [-0.2, 0) is 17.8 Å². The first-order valence-electron chi connectivity index (χ1n) is 7.71. The second-order valence-corrected chi connectivity index (χ2v) is 6.01. The molecule has 0 saturated heterocycles. The van der Waals surface area contributed by atoms with E-state index in [4.69, 9.17) is 9.47 Å². The Bertz CT molecular complexity index is 511. The highest BCUT2D eigenvalue weighted by molar-refractivity contribution is 5.76. The summed E-state index contributed by atoms with van der Waals surface area (Å²) in [6.07, 6.45) is 1.66. The molecule has 116 valence electrons. The standard InChI is InChI=1S/C17H25NO3/c1-5-20-15-8-13-7-12(4)21-16(13)9-14(15)10-18-17(19)6-11(2)3/h8-9,11-12H,5-7,10H2,1-4H3,(H,18,19). The number of fused-ring (bicyclic) bond motifs is 1. The maximum atomic E-state index is 11.8. The Labute approximate surface area is 126 Å². The largest absolute Gasteiger partial charge is 0.494 e. The van der Waals surface area contributed by atoms with Crippen LogP contribution in [-0.4, -0.2) is 18.6 Å². The first-order valence-corrected chi connectivity index (χ1v) is 7.71. The third-order valence-corrected chi connectivity index (χ3v) is 3.45. The number of benzene rings is 1. The fourth-order valence-electron chi connectivity index (χ4n) is 2.55. The summed E-state index contributed by atoms with van der Waals surface area (Å²) >= 11 is 0. The van der Waals surface area contributed by atoms with Crippen molar-refractivity contribution in [2.75, 3.05) is 6.61 Å². The molecule has 1 aromatic rings. The molecule has 0 aromatic heterocycles. The maximum absolute atomic E-state index is 11.8. The Morgan fingerprint density at radius 1 is 1.48 bits per heavy atom. The van der Waals surface area contributed by atoms with Gasteiger partial charge in [-0.25, -0.2) is 0 Å². The zero-order chi connectivity index (χ0) is 15.4. The van der Waals surface area contributed by atoms with Gasteiger partial charge in [-0.3, -0.25) is 4.79 Å². The second kappa shape index (κ2) is 6.83. The van der Waals surface area contributed by atoms with E-state index in [0.717, 1.165) is 23.5 Å². The van der Waals surface area contributed by atoms with E-state index in [0.29, 0.717) is 25.5 Å². The van der Waals surface area contributed by atoms with Gasteiger partial charge in [0.05, 0.1) is 6.61 Å². The molecule has 0 fully saturated rings. The summed E-state index contributed by atoms with van der Waals surface area (Å²) in [6.45, 7) is 9.19. The fraction of sp³-hybridized carbons (Fsp3) is 0.588. The lowest BCUT2D eigenvalue weighted by Gasteiger charge is -2.14. The quantitative estimate of drug-likeness (QED) is 0.876. The van der Waals surface area contributed by atoms with Gasteiger partial charge in [0, 0.05) is 30.5 Å². The number of nitrogens with one attached hydrogen (secondary N) is 1. The summed E-state index contributed by atoms with van der Waals surface area (Å²) < 4.78 is 11.5. The van der Waals surface area contributed by atoms with E-state index in [1.54, 1.807) is 0 Å². The van der Waals surface area contributed by atoms with Crippen LogP contribution >= 0.6 is 0 Å². The molecule has 0 saturated carbocycles. The average Bonchev–Trinajstić information content (AvgIpc) is 2.74. The minimum absolute atomic E-state index is 0.0715. The number of carbonyl (C=O) groups excluding carboxylic acids is 1. The van der Waals surface area contributed by atoms with Crippen molar-refractivity contribution in [3.05, 3.63) is 23.3 Å². The van der Waals surface area contributed by atoms with Gasteiger partial charge >= 0.3 is 0 Å². The average molecular weight is 291 g/mol. The lowest BCUT2D eigenvalue weighted by atomic mass is 10.1. The third-order valence-electron chi connectivity index (χ3n) is 3.45. The Balaban J connectivity index is 2.10. The highest BCUT2D eigenvalue weighted by atomic mass is 16.5. The fourth-order valence-corrected chi connectivity index (χ4v) is 2.55. The lowest BCUT2D eigenvalue weighted by molar-refractivity contribution is -0.121. The molecule has 4 nitrogen and oxygen atoms in total. The van der Waals surface area contributed by atoms with Crippen LogP contribution in [0.1, 0.15) is 45.2 Å². The molecule has 2 rings (SSSR count). The van der Waals surface area contributed by atoms with E-state index in [9.17, 15) is 4.79 Å². The van der Waals surface area contributed by atoms with Gasteiger partial charge in [0.2, 0.25) is 5.91 Å². The van der Waals surface area contributed by atoms with E-state index in [2.05, 4.69) is 12.2 Å². The van der Waals surface area contributed by atoms with Gasteiger partial charge in [0.1, 0.15) is 17.6 Å². The lowest BCUT2D eigenvalue weighted by Crippen LogP contribution is -2.24. The predicted molar refractivity (Wildman–Crippen MR) is 82.7 cm³/mol. The summed E-state index contributed by atoms with van der Waals surface area (Å²) in [5.74, 6) is 2.20. The molecule has 1 amide bonds. The normalized spacial score (nSPS) is 16.5.